The molecule has 1 amide bonds. The highest BCUT2D eigenvalue weighted by molar-refractivity contribution is 7.98. The van der Waals surface area contributed by atoms with Crippen molar-refractivity contribution in [2.75, 3.05) is 12.0 Å². The zero-order valence-corrected chi connectivity index (χ0v) is 16.0. The topological polar surface area (TPSA) is 85.8 Å². The van der Waals surface area contributed by atoms with Crippen LogP contribution in [0.5, 0.6) is 0 Å². The number of nitrogens with one attached hydrogen (secondary N) is 1. The molecule has 6 nitrogen and oxygen atoms in total. The Morgan fingerprint density at radius 2 is 1.96 bits per heavy atom. The molecule has 7 heteroatoms. The fraction of sp³-hybridized carbons (Fsp3) is 0.250. The summed E-state index contributed by atoms with van der Waals surface area (Å²) < 4.78 is 1.82. The van der Waals surface area contributed by atoms with Crippen molar-refractivity contribution >= 4 is 17.7 Å². The SMILES string of the molecule is CSCC[C@H](N)C(=O)NCc1cn(-c2ccccc2)nc1-c1ccncc1. The summed E-state index contributed by atoms with van der Waals surface area (Å²) in [5, 5.41) is 7.67. The molecule has 0 radical (unpaired) electrons. The molecule has 3 N–H and O–H groups in total. The number of benzene rings is 1. The predicted molar refractivity (Wildman–Crippen MR) is 110 cm³/mol. The van der Waals surface area contributed by atoms with Crippen molar-refractivity contribution in [2.45, 2.75) is 19.0 Å². The lowest BCUT2D eigenvalue weighted by atomic mass is 10.1. The largest absolute Gasteiger partial charge is 0.351 e. The van der Waals surface area contributed by atoms with Gasteiger partial charge in [-0.05, 0) is 42.7 Å². The Bertz CT molecular complexity index is 867. The van der Waals surface area contributed by atoms with Crippen molar-refractivity contribution in [1.82, 2.24) is 20.1 Å². The van der Waals surface area contributed by atoms with Gasteiger partial charge < -0.3 is 11.1 Å². The van der Waals surface area contributed by atoms with E-state index in [0.29, 0.717) is 13.0 Å². The van der Waals surface area contributed by atoms with Gasteiger partial charge in [0.1, 0.15) is 0 Å². The smallest absolute Gasteiger partial charge is 0.237 e. The van der Waals surface area contributed by atoms with E-state index in [9.17, 15) is 4.79 Å². The van der Waals surface area contributed by atoms with Gasteiger partial charge in [0.05, 0.1) is 17.4 Å². The van der Waals surface area contributed by atoms with E-state index in [1.165, 1.54) is 0 Å². The van der Waals surface area contributed by atoms with Gasteiger partial charge in [-0.1, -0.05) is 18.2 Å². The second kappa shape index (κ2) is 9.34. The first-order chi connectivity index (χ1) is 13.2. The van der Waals surface area contributed by atoms with Gasteiger partial charge in [0, 0.05) is 36.3 Å². The minimum absolute atomic E-state index is 0.141. The first-order valence-corrected chi connectivity index (χ1v) is 10.1. The van der Waals surface area contributed by atoms with Crippen molar-refractivity contribution in [3.8, 4) is 16.9 Å². The lowest BCUT2D eigenvalue weighted by Crippen LogP contribution is -2.40. The lowest BCUT2D eigenvalue weighted by Gasteiger charge is -2.11. The number of hydrogen-bond acceptors (Lipinski definition) is 5. The van der Waals surface area contributed by atoms with Gasteiger partial charge >= 0.3 is 0 Å². The van der Waals surface area contributed by atoms with Crippen LogP contribution in [0.1, 0.15) is 12.0 Å². The summed E-state index contributed by atoms with van der Waals surface area (Å²) in [6, 6.07) is 13.2. The van der Waals surface area contributed by atoms with E-state index in [1.54, 1.807) is 24.2 Å². The first-order valence-electron chi connectivity index (χ1n) is 8.75. The molecule has 0 bridgehead atoms. The molecule has 2 aromatic heterocycles. The van der Waals surface area contributed by atoms with Crippen LogP contribution in [0, 0.1) is 0 Å². The average molecular weight is 382 g/mol. The first kappa shape index (κ1) is 19.1. The summed E-state index contributed by atoms with van der Waals surface area (Å²) in [4.78, 5) is 16.3. The molecular formula is C20H23N5OS. The Kier molecular flexibility index (Phi) is 6.62. The van der Waals surface area contributed by atoms with E-state index in [-0.39, 0.29) is 5.91 Å². The standard InChI is InChI=1S/C20H23N5OS/c1-27-12-9-18(21)20(26)23-13-16-14-25(17-5-3-2-4-6-17)24-19(16)15-7-10-22-11-8-15/h2-8,10-11,14,18H,9,12-13,21H2,1H3,(H,23,26)/t18-/m0/s1. The van der Waals surface area contributed by atoms with Crippen LogP contribution in [0.25, 0.3) is 16.9 Å². The fourth-order valence-electron chi connectivity index (χ4n) is 2.69. The lowest BCUT2D eigenvalue weighted by molar-refractivity contribution is -0.122. The molecule has 0 aliphatic carbocycles. The number of thioether (sulfide) groups is 1. The van der Waals surface area contributed by atoms with E-state index < -0.39 is 6.04 Å². The summed E-state index contributed by atoms with van der Waals surface area (Å²) in [6.07, 6.45) is 8.07. The highest BCUT2D eigenvalue weighted by atomic mass is 32.2. The monoisotopic (exact) mass is 381 g/mol. The summed E-state index contributed by atoms with van der Waals surface area (Å²) in [6.45, 7) is 0.371. The Labute approximate surface area is 163 Å². The number of pyridine rings is 1. The molecule has 1 atom stereocenters. The van der Waals surface area contributed by atoms with Crippen LogP contribution in [0.4, 0.5) is 0 Å². The average Bonchev–Trinajstić information content (AvgIpc) is 3.15. The maximum Gasteiger partial charge on any atom is 0.237 e. The maximum atomic E-state index is 12.3. The number of carbonyl (C=O) groups excluding carboxylic acids is 1. The third kappa shape index (κ3) is 4.96. The highest BCUT2D eigenvalue weighted by Crippen LogP contribution is 2.23. The number of carbonyl (C=O) groups is 1. The normalized spacial score (nSPS) is 11.9. The molecule has 0 saturated carbocycles. The third-order valence-corrected chi connectivity index (χ3v) is 4.83. The summed E-state index contributed by atoms with van der Waals surface area (Å²) in [5.74, 6) is 0.722. The van der Waals surface area contributed by atoms with E-state index >= 15 is 0 Å². The predicted octanol–water partition coefficient (Wildman–Crippen LogP) is 2.63. The van der Waals surface area contributed by atoms with Gasteiger partial charge in [-0.3, -0.25) is 9.78 Å². The number of aromatic nitrogens is 3. The van der Waals surface area contributed by atoms with Crippen molar-refractivity contribution in [1.29, 1.82) is 0 Å². The molecule has 0 fully saturated rings. The van der Waals surface area contributed by atoms with Gasteiger partial charge in [0.25, 0.3) is 0 Å². The van der Waals surface area contributed by atoms with E-state index in [0.717, 1.165) is 28.3 Å². The van der Waals surface area contributed by atoms with Gasteiger partial charge in [0.15, 0.2) is 0 Å². The third-order valence-electron chi connectivity index (χ3n) is 4.19. The number of nitrogens with two attached hydrogens (primary N) is 1. The van der Waals surface area contributed by atoms with Crippen LogP contribution in [0.3, 0.4) is 0 Å². The van der Waals surface area contributed by atoms with E-state index in [1.807, 2.05) is 59.6 Å². The zero-order valence-electron chi connectivity index (χ0n) is 15.2. The molecule has 0 saturated heterocycles. The van der Waals surface area contributed by atoms with Crippen LogP contribution in [0.2, 0.25) is 0 Å². The molecule has 27 heavy (non-hydrogen) atoms. The summed E-state index contributed by atoms with van der Waals surface area (Å²) >= 11 is 1.68. The van der Waals surface area contributed by atoms with Gasteiger partial charge in [-0.25, -0.2) is 4.68 Å². The molecule has 140 valence electrons. The van der Waals surface area contributed by atoms with Crippen LogP contribution in [-0.4, -0.2) is 38.7 Å². The fourth-order valence-corrected chi connectivity index (χ4v) is 3.18. The summed E-state index contributed by atoms with van der Waals surface area (Å²) in [7, 11) is 0. The van der Waals surface area contributed by atoms with E-state index in [2.05, 4.69) is 10.3 Å². The molecule has 3 aromatic rings. The number of rotatable bonds is 8. The van der Waals surface area contributed by atoms with Gasteiger partial charge in [-0.2, -0.15) is 16.9 Å². The van der Waals surface area contributed by atoms with Crippen LogP contribution >= 0.6 is 11.8 Å². The van der Waals surface area contributed by atoms with Crippen molar-refractivity contribution < 1.29 is 4.79 Å². The summed E-state index contributed by atoms with van der Waals surface area (Å²) in [5.41, 5.74) is 9.62. The second-order valence-electron chi connectivity index (χ2n) is 6.12. The van der Waals surface area contributed by atoms with Crippen LogP contribution in [-0.2, 0) is 11.3 Å². The quantitative estimate of drug-likeness (QED) is 0.626. The second-order valence-corrected chi connectivity index (χ2v) is 7.11. The van der Waals surface area contributed by atoms with Crippen LogP contribution < -0.4 is 11.1 Å². The number of amides is 1. The van der Waals surface area contributed by atoms with E-state index in [4.69, 9.17) is 10.8 Å². The molecule has 0 spiro atoms. The number of nitrogens with zero attached hydrogens (tertiary/aromatic N) is 3. The Morgan fingerprint density at radius 3 is 2.67 bits per heavy atom. The number of para-hydroxylation sites is 1. The Hall–Kier alpha value is -2.64. The van der Waals surface area contributed by atoms with Gasteiger partial charge in [-0.15, -0.1) is 0 Å². The molecule has 3 rings (SSSR count). The molecular weight excluding hydrogens is 358 g/mol. The van der Waals surface area contributed by atoms with Crippen molar-refractivity contribution in [3.05, 3.63) is 66.6 Å². The zero-order chi connectivity index (χ0) is 19.1. The Morgan fingerprint density at radius 1 is 1.22 bits per heavy atom. The number of hydrogen-bond donors (Lipinski definition) is 2. The maximum absolute atomic E-state index is 12.3. The molecule has 0 aliphatic rings. The minimum atomic E-state index is -0.494. The molecule has 0 unspecified atom stereocenters. The van der Waals surface area contributed by atoms with Gasteiger partial charge in [0.2, 0.25) is 5.91 Å². The highest BCUT2D eigenvalue weighted by Gasteiger charge is 2.16. The molecule has 0 aliphatic heterocycles. The van der Waals surface area contributed by atoms with Crippen LogP contribution in [0.15, 0.2) is 61.1 Å². The molecule has 2 heterocycles. The minimum Gasteiger partial charge on any atom is -0.351 e. The Balaban J connectivity index is 1.82. The molecule has 1 aromatic carbocycles. The van der Waals surface area contributed by atoms with Crippen molar-refractivity contribution in [2.24, 2.45) is 5.73 Å². The van der Waals surface area contributed by atoms with Crippen molar-refractivity contribution in [3.63, 3.8) is 0 Å².